The Labute approximate surface area is 318 Å². The van der Waals surface area contributed by atoms with Gasteiger partial charge in [0, 0.05) is 34.5 Å². The maximum absolute atomic E-state index is 10.6. The normalized spacial score (nSPS) is 10.1. The highest BCUT2D eigenvalue weighted by Gasteiger charge is 2.15. The largest absolute Gasteiger partial charge is 0.507 e. The summed E-state index contributed by atoms with van der Waals surface area (Å²) in [6.07, 6.45) is -0.402. The van der Waals surface area contributed by atoms with Crippen molar-refractivity contribution in [3.05, 3.63) is 142 Å². The minimum absolute atomic E-state index is 0.0702. The summed E-state index contributed by atoms with van der Waals surface area (Å²) >= 11 is 5.56. The Hall–Kier alpha value is -7.50. The first-order valence-corrected chi connectivity index (χ1v) is 15.6. The Morgan fingerprint density at radius 1 is 0.473 bits per heavy atom. The van der Waals surface area contributed by atoms with Gasteiger partial charge in [-0.1, -0.05) is 23.7 Å². The van der Waals surface area contributed by atoms with Gasteiger partial charge in [-0.25, -0.2) is 24.0 Å². The van der Waals surface area contributed by atoms with Gasteiger partial charge >= 0.3 is 29.8 Å². The lowest BCUT2D eigenvalue weighted by atomic mass is 10.1. The Kier molecular flexibility index (Phi) is 18.0. The van der Waals surface area contributed by atoms with Crippen LogP contribution in [0, 0.1) is 0 Å². The van der Waals surface area contributed by atoms with E-state index in [-0.39, 0.29) is 44.3 Å². The molecule has 0 aliphatic heterocycles. The van der Waals surface area contributed by atoms with Gasteiger partial charge in [-0.2, -0.15) is 0 Å². The molecule has 1 unspecified atom stereocenters. The summed E-state index contributed by atoms with van der Waals surface area (Å²) in [7, 11) is 0. The van der Waals surface area contributed by atoms with Crippen molar-refractivity contribution < 1.29 is 59.7 Å². The fourth-order valence-electron chi connectivity index (χ4n) is 3.76. The molecule has 0 aromatic heterocycles. The predicted octanol–water partition coefficient (Wildman–Crippen LogP) is 5.25. The summed E-state index contributed by atoms with van der Waals surface area (Å²) < 4.78 is 0. The zero-order chi connectivity index (χ0) is 42.0. The van der Waals surface area contributed by atoms with Crippen LogP contribution in [0.15, 0.2) is 103 Å². The van der Waals surface area contributed by atoms with E-state index >= 15 is 0 Å². The molecule has 0 spiro atoms. The fraction of sp³-hybridized carbons (Fsp3) is 0.0541. The predicted molar refractivity (Wildman–Crippen MR) is 206 cm³/mol. The van der Waals surface area contributed by atoms with Crippen molar-refractivity contribution >= 4 is 69.9 Å². The number of benzene rings is 5. The second kappa shape index (κ2) is 21.8. The van der Waals surface area contributed by atoms with E-state index in [0.717, 1.165) is 17.3 Å². The van der Waals surface area contributed by atoms with E-state index in [2.05, 4.69) is 0 Å². The molecule has 5 aromatic rings. The lowest BCUT2D eigenvalue weighted by Crippen LogP contribution is -2.08. The van der Waals surface area contributed by atoms with Crippen molar-refractivity contribution in [3.8, 4) is 5.75 Å². The number of aliphatic hydroxyl groups excluding tert-OH is 1. The van der Waals surface area contributed by atoms with E-state index in [9.17, 15) is 24.0 Å². The molecule has 0 bridgehead atoms. The molecule has 0 saturated heterocycles. The highest BCUT2D eigenvalue weighted by molar-refractivity contribution is 6.33. The van der Waals surface area contributed by atoms with Gasteiger partial charge in [0.15, 0.2) is 0 Å². The highest BCUT2D eigenvalue weighted by atomic mass is 35.5. The summed E-state index contributed by atoms with van der Waals surface area (Å²) in [5.41, 5.74) is 29.6. The van der Waals surface area contributed by atoms with Gasteiger partial charge in [0.25, 0.3) is 0 Å². The van der Waals surface area contributed by atoms with Crippen LogP contribution in [0.4, 0.5) is 28.4 Å². The van der Waals surface area contributed by atoms with Crippen LogP contribution in [0.25, 0.3) is 0 Å². The summed E-state index contributed by atoms with van der Waals surface area (Å²) in [6, 6.07) is 25.0. The molecule has 5 aromatic carbocycles. The molecule has 0 saturated carbocycles. The zero-order valence-electron chi connectivity index (χ0n) is 28.8. The van der Waals surface area contributed by atoms with Gasteiger partial charge in [0.1, 0.15) is 11.3 Å². The standard InChI is InChI=1S/C8H7NO4.C8H11NO.C7H6ClNO2.C7H7NO3.C7H7NO2/c9-4-1-2-5(7(10)11)6(3-4)8(12)13;1-6(10)7-2-4-8(9)5-3-7;8-6-3-4(9)1-2-5(6)7(10)11;8-4-1-2-5(7(10)11)6(9)3-4;8-6-3-1-5(2-4-6)7(9)10/h1-3H,9H2,(H,10,11)(H,12,13);2-6,10H,9H2,1H3;1-3H,9H2,(H,10,11);1-3,9H,8H2,(H,10,11);1-4H,8H2,(H,9,10). The number of carboxylic acid groups (broad SMARTS) is 5. The number of nitrogen functional groups attached to an aromatic ring is 5. The molecule has 0 fully saturated rings. The van der Waals surface area contributed by atoms with Gasteiger partial charge in [0.2, 0.25) is 0 Å². The Bertz CT molecular complexity index is 2050. The van der Waals surface area contributed by atoms with Crippen molar-refractivity contribution in [2.75, 3.05) is 28.7 Å². The number of aliphatic hydroxyl groups is 1. The second-order valence-electron chi connectivity index (χ2n) is 10.8. The van der Waals surface area contributed by atoms with Crippen LogP contribution in [-0.2, 0) is 0 Å². The zero-order valence-corrected chi connectivity index (χ0v) is 29.6. The summed E-state index contributed by atoms with van der Waals surface area (Å²) in [5.74, 6) is -6.03. The van der Waals surface area contributed by atoms with Crippen molar-refractivity contribution in [2.45, 2.75) is 13.0 Å². The molecule has 18 heteroatoms. The van der Waals surface area contributed by atoms with Crippen LogP contribution >= 0.6 is 11.6 Å². The number of aromatic hydroxyl groups is 1. The molecule has 0 heterocycles. The van der Waals surface area contributed by atoms with Crippen LogP contribution in [0.2, 0.25) is 5.02 Å². The van der Waals surface area contributed by atoms with Crippen LogP contribution in [0.3, 0.4) is 0 Å². The van der Waals surface area contributed by atoms with Crippen molar-refractivity contribution in [1.82, 2.24) is 0 Å². The van der Waals surface area contributed by atoms with Gasteiger partial charge in [-0.15, -0.1) is 0 Å². The molecule has 0 radical (unpaired) electrons. The van der Waals surface area contributed by atoms with Crippen LogP contribution in [-0.4, -0.2) is 65.6 Å². The number of hydrogen-bond acceptors (Lipinski definition) is 12. The van der Waals surface area contributed by atoms with Gasteiger partial charge in [-0.3, -0.25) is 0 Å². The average molecular weight is 780 g/mol. The maximum atomic E-state index is 10.6. The molecule has 17 N–H and O–H groups in total. The van der Waals surface area contributed by atoms with Crippen molar-refractivity contribution in [2.24, 2.45) is 0 Å². The lowest BCUT2D eigenvalue weighted by molar-refractivity contribution is 0.0651. The average Bonchev–Trinajstić information content (AvgIpc) is 3.09. The number of carbonyl (C=O) groups is 5. The number of aromatic carboxylic acids is 5. The number of hydrogen-bond donors (Lipinski definition) is 12. The molecule has 17 nitrogen and oxygen atoms in total. The Morgan fingerprint density at radius 2 is 0.836 bits per heavy atom. The number of halogens is 1. The topological polar surface area (TPSA) is 357 Å². The molecule has 5 rings (SSSR count). The third-order valence-corrected chi connectivity index (χ3v) is 6.87. The van der Waals surface area contributed by atoms with E-state index in [1.54, 1.807) is 31.2 Å². The first-order valence-electron chi connectivity index (χ1n) is 15.2. The van der Waals surface area contributed by atoms with Crippen LogP contribution in [0.5, 0.6) is 5.75 Å². The molecular weight excluding hydrogens is 742 g/mol. The number of phenols is 1. The van der Waals surface area contributed by atoms with E-state index in [1.165, 1.54) is 60.7 Å². The van der Waals surface area contributed by atoms with Crippen molar-refractivity contribution in [1.29, 1.82) is 0 Å². The summed E-state index contributed by atoms with van der Waals surface area (Å²) in [4.78, 5) is 52.1. The number of carboxylic acids is 5. The first-order chi connectivity index (χ1) is 25.6. The van der Waals surface area contributed by atoms with Gasteiger partial charge < -0.3 is 64.4 Å². The lowest BCUT2D eigenvalue weighted by Gasteiger charge is -2.02. The number of rotatable bonds is 6. The molecular formula is C37H38ClN5O12. The minimum atomic E-state index is -1.30. The number of anilines is 5. The highest BCUT2D eigenvalue weighted by Crippen LogP contribution is 2.20. The molecule has 1 atom stereocenters. The van der Waals surface area contributed by atoms with Gasteiger partial charge in [-0.05, 0) is 97.4 Å². The smallest absolute Gasteiger partial charge is 0.339 e. The van der Waals surface area contributed by atoms with E-state index in [1.807, 2.05) is 12.1 Å². The quantitative estimate of drug-likeness (QED) is 0.0979. The third kappa shape index (κ3) is 16.2. The Morgan fingerprint density at radius 3 is 1.22 bits per heavy atom. The van der Waals surface area contributed by atoms with E-state index in [4.69, 9.17) is 76.0 Å². The first kappa shape index (κ1) is 45.5. The van der Waals surface area contributed by atoms with Gasteiger partial charge in [0.05, 0.1) is 33.4 Å². The molecule has 0 aliphatic carbocycles. The SMILES string of the molecule is CC(O)c1ccc(N)cc1.Nc1ccc(C(=O)O)c(C(=O)O)c1.Nc1ccc(C(=O)O)c(Cl)c1.Nc1ccc(C(=O)O)c(O)c1.Nc1ccc(C(=O)O)cc1. The number of nitrogens with two attached hydrogens (primary N) is 5. The molecule has 0 amide bonds. The summed E-state index contributed by atoms with van der Waals surface area (Å²) in [5, 5.41) is 60.9. The summed E-state index contributed by atoms with van der Waals surface area (Å²) in [6.45, 7) is 1.73. The minimum Gasteiger partial charge on any atom is -0.507 e. The van der Waals surface area contributed by atoms with E-state index < -0.39 is 36.0 Å². The van der Waals surface area contributed by atoms with Crippen LogP contribution < -0.4 is 28.7 Å². The third-order valence-electron chi connectivity index (χ3n) is 6.56. The van der Waals surface area contributed by atoms with Crippen molar-refractivity contribution in [3.63, 3.8) is 0 Å². The maximum Gasteiger partial charge on any atom is 0.339 e. The monoisotopic (exact) mass is 779 g/mol. The fourth-order valence-corrected chi connectivity index (χ4v) is 4.03. The Balaban J connectivity index is 0.000000345. The van der Waals surface area contributed by atoms with E-state index in [0.29, 0.717) is 17.1 Å². The van der Waals surface area contributed by atoms with Crippen LogP contribution in [0.1, 0.15) is 70.4 Å². The molecule has 0 aliphatic rings. The second-order valence-corrected chi connectivity index (χ2v) is 11.2. The molecule has 55 heavy (non-hydrogen) atoms. The molecule has 290 valence electrons.